The number of rotatable bonds is 3. The van der Waals surface area contributed by atoms with Gasteiger partial charge in [0.2, 0.25) is 0 Å². The zero-order valence-electron chi connectivity index (χ0n) is 19.6. The molecule has 2 aliphatic rings. The first kappa shape index (κ1) is 25.9. The molecule has 180 valence electrons. The lowest BCUT2D eigenvalue weighted by molar-refractivity contribution is -0.000635. The Morgan fingerprint density at radius 3 is 1.38 bits per heavy atom. The Morgan fingerprint density at radius 2 is 0.912 bits per heavy atom. The van der Waals surface area contributed by atoms with Gasteiger partial charge in [0.1, 0.15) is 0 Å². The molecule has 0 amide bonds. The van der Waals surface area contributed by atoms with E-state index in [2.05, 4.69) is 68.3 Å². The zero-order chi connectivity index (χ0) is 24.0. The van der Waals surface area contributed by atoms with Crippen molar-refractivity contribution in [2.75, 3.05) is 0 Å². The normalized spacial score (nSPS) is 19.1. The van der Waals surface area contributed by atoms with Gasteiger partial charge in [0.05, 0.1) is 5.60 Å². The van der Waals surface area contributed by atoms with E-state index in [1.807, 2.05) is 36.4 Å². The molecule has 0 bridgehead atoms. The molecule has 4 heteroatoms. The van der Waals surface area contributed by atoms with Crippen molar-refractivity contribution >= 4 is 43.5 Å². The quantitative estimate of drug-likeness (QED) is 0.315. The van der Waals surface area contributed by atoms with E-state index in [-0.39, 0.29) is 5.41 Å². The smallest absolute Gasteiger partial charge is 0.0896 e. The summed E-state index contributed by atoms with van der Waals surface area (Å²) in [6.07, 6.45) is 11.8. The summed E-state index contributed by atoms with van der Waals surface area (Å²) in [5, 5.41) is 11.2. The summed E-state index contributed by atoms with van der Waals surface area (Å²) in [4.78, 5) is 0. The van der Waals surface area contributed by atoms with E-state index in [4.69, 9.17) is 11.6 Å². The van der Waals surface area contributed by atoms with Gasteiger partial charge in [-0.05, 0) is 78.8 Å². The first-order chi connectivity index (χ1) is 16.4. The lowest BCUT2D eigenvalue weighted by Crippen LogP contribution is -2.30. The second kappa shape index (κ2) is 11.7. The first-order valence-corrected chi connectivity index (χ1v) is 14.4. The van der Waals surface area contributed by atoms with Crippen molar-refractivity contribution in [3.05, 3.63) is 103 Å². The number of aliphatic hydroxyl groups is 1. The van der Waals surface area contributed by atoms with Crippen LogP contribution in [0.5, 0.6) is 0 Å². The fraction of sp³-hybridized carbons (Fsp3) is 0.400. The van der Waals surface area contributed by atoms with Crippen molar-refractivity contribution in [1.29, 1.82) is 0 Å². The predicted octanol–water partition coefficient (Wildman–Crippen LogP) is 9.95. The summed E-state index contributed by atoms with van der Waals surface area (Å²) in [6, 6.07) is 25.3. The maximum Gasteiger partial charge on any atom is 0.0896 e. The zero-order valence-corrected chi connectivity index (χ0v) is 23.5. The van der Waals surface area contributed by atoms with Gasteiger partial charge in [-0.15, -0.1) is 0 Å². The van der Waals surface area contributed by atoms with Gasteiger partial charge in [0.25, 0.3) is 0 Å². The third-order valence-corrected chi connectivity index (χ3v) is 8.87. The summed E-state index contributed by atoms with van der Waals surface area (Å²) >= 11 is 13.0. The molecule has 5 rings (SSSR count). The molecule has 2 saturated carbocycles. The summed E-state index contributed by atoms with van der Waals surface area (Å²) < 4.78 is 2.21. The van der Waals surface area contributed by atoms with Crippen LogP contribution in [0.1, 0.15) is 80.9 Å². The topological polar surface area (TPSA) is 20.2 Å². The van der Waals surface area contributed by atoms with Crippen molar-refractivity contribution in [3.63, 3.8) is 0 Å². The number of benzene rings is 3. The van der Waals surface area contributed by atoms with Crippen LogP contribution in [0.25, 0.3) is 0 Å². The average Bonchev–Trinajstić information content (AvgIpc) is 2.86. The molecule has 0 heterocycles. The number of hydrogen-bond acceptors (Lipinski definition) is 1. The van der Waals surface area contributed by atoms with Gasteiger partial charge in [-0.1, -0.05) is 118 Å². The fourth-order valence-corrected chi connectivity index (χ4v) is 6.28. The maximum atomic E-state index is 10.4. The monoisotopic (exact) mass is 602 g/mol. The Kier molecular flexibility index (Phi) is 8.96. The molecule has 0 aliphatic heterocycles. The Morgan fingerprint density at radius 1 is 0.529 bits per heavy atom. The SMILES string of the molecule is Clc1ccc(C2(c3ccc(Br)cc3)CCCCC2)cc1.OC1(c2ccc(Br)cc2)CCCCC1. The van der Waals surface area contributed by atoms with Crippen LogP contribution in [0, 0.1) is 0 Å². The molecule has 0 atom stereocenters. The highest BCUT2D eigenvalue weighted by atomic mass is 79.9. The molecule has 3 aromatic rings. The fourth-order valence-electron chi connectivity index (χ4n) is 5.62. The highest BCUT2D eigenvalue weighted by Crippen LogP contribution is 2.45. The summed E-state index contributed by atoms with van der Waals surface area (Å²) in [5.41, 5.74) is 3.52. The number of hydrogen-bond donors (Lipinski definition) is 1. The minimum atomic E-state index is -0.557. The Balaban J connectivity index is 0.000000172. The van der Waals surface area contributed by atoms with E-state index in [0.29, 0.717) is 0 Å². The van der Waals surface area contributed by atoms with Crippen molar-refractivity contribution in [1.82, 2.24) is 0 Å². The molecule has 34 heavy (non-hydrogen) atoms. The average molecular weight is 605 g/mol. The molecule has 0 unspecified atom stereocenters. The molecule has 0 saturated heterocycles. The largest absolute Gasteiger partial charge is 0.385 e. The molecule has 2 fully saturated rings. The lowest BCUT2D eigenvalue weighted by Gasteiger charge is -2.38. The van der Waals surface area contributed by atoms with Gasteiger partial charge in [0.15, 0.2) is 0 Å². The van der Waals surface area contributed by atoms with Crippen molar-refractivity contribution in [2.45, 2.75) is 75.2 Å². The molecule has 1 N–H and O–H groups in total. The predicted molar refractivity (Wildman–Crippen MR) is 151 cm³/mol. The maximum absolute atomic E-state index is 10.4. The van der Waals surface area contributed by atoms with Gasteiger partial charge in [0, 0.05) is 19.4 Å². The van der Waals surface area contributed by atoms with Crippen LogP contribution in [0.15, 0.2) is 81.7 Å². The van der Waals surface area contributed by atoms with E-state index < -0.39 is 5.60 Å². The third-order valence-electron chi connectivity index (χ3n) is 7.56. The lowest BCUT2D eigenvalue weighted by atomic mass is 9.65. The standard InChI is InChI=1S/C18H18BrCl.C12H15BrO/c19-16-8-4-14(5-9-16)18(12-2-1-3-13-18)15-6-10-17(20)11-7-15;13-11-6-4-10(5-7-11)12(14)8-2-1-3-9-12/h4-11H,1-3,12-13H2;4-7,14H,1-3,8-9H2. The van der Waals surface area contributed by atoms with Gasteiger partial charge < -0.3 is 5.11 Å². The summed E-state index contributed by atoms with van der Waals surface area (Å²) in [6.45, 7) is 0. The van der Waals surface area contributed by atoms with Crippen molar-refractivity contribution in [3.8, 4) is 0 Å². The third kappa shape index (κ3) is 6.16. The van der Waals surface area contributed by atoms with E-state index >= 15 is 0 Å². The number of halogens is 3. The molecular formula is C30H33Br2ClO. The molecule has 0 radical (unpaired) electrons. The van der Waals surface area contributed by atoms with Crippen LogP contribution in [0.3, 0.4) is 0 Å². The second-order valence-corrected chi connectivity index (χ2v) is 12.0. The molecule has 2 aliphatic carbocycles. The first-order valence-electron chi connectivity index (χ1n) is 12.4. The van der Waals surface area contributed by atoms with Gasteiger partial charge in [-0.2, -0.15) is 0 Å². The second-order valence-electron chi connectivity index (χ2n) is 9.76. The molecule has 3 aromatic carbocycles. The highest BCUT2D eigenvalue weighted by Gasteiger charge is 2.35. The van der Waals surface area contributed by atoms with E-state index in [1.165, 1.54) is 49.7 Å². The summed E-state index contributed by atoms with van der Waals surface area (Å²) in [7, 11) is 0. The minimum Gasteiger partial charge on any atom is -0.385 e. The Labute approximate surface area is 226 Å². The van der Waals surface area contributed by atoms with Crippen LogP contribution in [-0.4, -0.2) is 5.11 Å². The van der Waals surface area contributed by atoms with Crippen LogP contribution < -0.4 is 0 Å². The minimum absolute atomic E-state index is 0.170. The Bertz CT molecular complexity index is 985. The van der Waals surface area contributed by atoms with E-state index in [1.54, 1.807) is 0 Å². The van der Waals surface area contributed by atoms with E-state index in [0.717, 1.165) is 45.2 Å². The molecular weight excluding hydrogens is 572 g/mol. The van der Waals surface area contributed by atoms with Crippen LogP contribution in [0.2, 0.25) is 5.02 Å². The Hall–Kier alpha value is -1.13. The molecule has 0 spiro atoms. The molecule has 0 aromatic heterocycles. The van der Waals surface area contributed by atoms with Crippen molar-refractivity contribution < 1.29 is 5.11 Å². The van der Waals surface area contributed by atoms with Crippen molar-refractivity contribution in [2.24, 2.45) is 0 Å². The van der Waals surface area contributed by atoms with Crippen LogP contribution in [-0.2, 0) is 11.0 Å². The van der Waals surface area contributed by atoms with Gasteiger partial charge >= 0.3 is 0 Å². The highest BCUT2D eigenvalue weighted by molar-refractivity contribution is 9.10. The van der Waals surface area contributed by atoms with Crippen LogP contribution >= 0.6 is 43.5 Å². The van der Waals surface area contributed by atoms with Gasteiger partial charge in [-0.25, -0.2) is 0 Å². The van der Waals surface area contributed by atoms with Crippen LogP contribution in [0.4, 0.5) is 0 Å². The van der Waals surface area contributed by atoms with E-state index in [9.17, 15) is 5.11 Å². The van der Waals surface area contributed by atoms with Gasteiger partial charge in [-0.3, -0.25) is 0 Å². The summed E-state index contributed by atoms with van der Waals surface area (Å²) in [5.74, 6) is 0. The molecule has 1 nitrogen and oxygen atoms in total.